The predicted octanol–water partition coefficient (Wildman–Crippen LogP) is 4.68. The van der Waals surface area contributed by atoms with E-state index in [1.54, 1.807) is 4.90 Å². The summed E-state index contributed by atoms with van der Waals surface area (Å²) in [6.07, 6.45) is 1.83. The molecule has 0 radical (unpaired) electrons. The average molecular weight is 486 g/mol. The second-order valence-corrected chi connectivity index (χ2v) is 10.8. The fourth-order valence-electron chi connectivity index (χ4n) is 4.56. The van der Waals surface area contributed by atoms with E-state index in [9.17, 15) is 13.2 Å². The van der Waals surface area contributed by atoms with E-state index in [0.717, 1.165) is 33.3 Å². The maximum Gasteiger partial charge on any atom is 0.254 e. The molecule has 1 amide bonds. The van der Waals surface area contributed by atoms with Crippen LogP contribution in [0.25, 0.3) is 33.3 Å². The summed E-state index contributed by atoms with van der Waals surface area (Å²) in [6, 6.07) is 27.9. The Bertz CT molecular complexity index is 1470. The van der Waals surface area contributed by atoms with E-state index >= 15 is 0 Å². The minimum absolute atomic E-state index is 0.0962. The van der Waals surface area contributed by atoms with E-state index in [2.05, 4.69) is 24.3 Å². The molecule has 4 aromatic rings. The molecule has 35 heavy (non-hydrogen) atoms. The molecule has 0 bridgehead atoms. The molecule has 3 aromatic carbocycles. The smallest absolute Gasteiger partial charge is 0.254 e. The number of sulfonamides is 1. The molecular formula is C28H27N3O3S. The van der Waals surface area contributed by atoms with E-state index in [1.165, 1.54) is 10.6 Å². The predicted molar refractivity (Wildman–Crippen MR) is 140 cm³/mol. The molecule has 0 N–H and O–H groups in total. The number of fused-ring (bicyclic) bond motifs is 1. The van der Waals surface area contributed by atoms with Crippen molar-refractivity contribution in [3.05, 3.63) is 90.5 Å². The van der Waals surface area contributed by atoms with Crippen molar-refractivity contribution in [2.45, 2.75) is 6.42 Å². The molecule has 0 atom stereocenters. The van der Waals surface area contributed by atoms with E-state index in [1.807, 2.05) is 60.7 Å². The van der Waals surface area contributed by atoms with Crippen molar-refractivity contribution in [3.63, 3.8) is 0 Å². The largest absolute Gasteiger partial charge is 0.337 e. The van der Waals surface area contributed by atoms with E-state index < -0.39 is 10.0 Å². The number of hydrogen-bond acceptors (Lipinski definition) is 4. The number of carbonyl (C=O) groups excluding carboxylic acids is 1. The van der Waals surface area contributed by atoms with Gasteiger partial charge in [0.25, 0.3) is 5.91 Å². The fourth-order valence-corrected chi connectivity index (χ4v) is 5.44. The number of pyridine rings is 1. The van der Waals surface area contributed by atoms with Crippen molar-refractivity contribution in [3.8, 4) is 22.4 Å². The highest BCUT2D eigenvalue weighted by Gasteiger charge is 2.26. The SMILES string of the molecule is CS(=O)(=O)N1CCCN(C(=O)c2cc(-c3ccc(-c4ccccc4)cc3)nc3ccccc23)CC1. The Morgan fingerprint density at radius 2 is 1.43 bits per heavy atom. The molecule has 7 heteroatoms. The molecule has 0 spiro atoms. The molecule has 1 aromatic heterocycles. The van der Waals surface area contributed by atoms with Crippen molar-refractivity contribution in [1.29, 1.82) is 0 Å². The van der Waals surface area contributed by atoms with Gasteiger partial charge in [0.15, 0.2) is 0 Å². The van der Waals surface area contributed by atoms with Crippen LogP contribution >= 0.6 is 0 Å². The fraction of sp³-hybridized carbons (Fsp3) is 0.214. The highest BCUT2D eigenvalue weighted by Crippen LogP contribution is 2.28. The maximum atomic E-state index is 13.7. The van der Waals surface area contributed by atoms with Gasteiger partial charge >= 0.3 is 0 Å². The number of benzene rings is 3. The van der Waals surface area contributed by atoms with Crippen molar-refractivity contribution < 1.29 is 13.2 Å². The lowest BCUT2D eigenvalue weighted by molar-refractivity contribution is 0.0766. The second kappa shape index (κ2) is 9.60. The Morgan fingerprint density at radius 1 is 0.771 bits per heavy atom. The third kappa shape index (κ3) is 4.97. The summed E-state index contributed by atoms with van der Waals surface area (Å²) in [5.74, 6) is -0.0962. The normalized spacial score (nSPS) is 15.2. The number of rotatable bonds is 4. The van der Waals surface area contributed by atoms with Crippen molar-refractivity contribution in [2.75, 3.05) is 32.4 Å². The molecule has 0 unspecified atom stereocenters. The Kier molecular flexibility index (Phi) is 6.36. The molecule has 2 heterocycles. The van der Waals surface area contributed by atoms with Gasteiger partial charge in [-0.25, -0.2) is 17.7 Å². The third-order valence-electron chi connectivity index (χ3n) is 6.45. The minimum atomic E-state index is -3.28. The lowest BCUT2D eigenvalue weighted by Gasteiger charge is -2.22. The van der Waals surface area contributed by atoms with Crippen LogP contribution in [0.5, 0.6) is 0 Å². The summed E-state index contributed by atoms with van der Waals surface area (Å²) < 4.78 is 25.4. The zero-order valence-corrected chi connectivity index (χ0v) is 20.4. The van der Waals surface area contributed by atoms with Gasteiger partial charge in [0.05, 0.1) is 23.0 Å². The number of hydrogen-bond donors (Lipinski definition) is 0. The van der Waals surface area contributed by atoms with Gasteiger partial charge in [-0.05, 0) is 29.7 Å². The van der Waals surface area contributed by atoms with Crippen LogP contribution in [0.2, 0.25) is 0 Å². The van der Waals surface area contributed by atoms with E-state index in [0.29, 0.717) is 38.2 Å². The molecule has 1 aliphatic heterocycles. The molecule has 0 aliphatic carbocycles. The number of nitrogens with zero attached hydrogens (tertiary/aromatic N) is 3. The summed E-state index contributed by atoms with van der Waals surface area (Å²) >= 11 is 0. The minimum Gasteiger partial charge on any atom is -0.337 e. The Labute approximate surface area is 205 Å². The van der Waals surface area contributed by atoms with Crippen LogP contribution in [0.1, 0.15) is 16.8 Å². The van der Waals surface area contributed by atoms with Gasteiger partial charge in [0.1, 0.15) is 0 Å². The van der Waals surface area contributed by atoms with E-state index in [-0.39, 0.29) is 5.91 Å². The standard InChI is InChI=1S/C28H27N3O3S/c1-35(33,34)31-17-7-16-30(18-19-31)28(32)25-20-27(29-26-11-6-5-10-24(25)26)23-14-12-22(13-15-23)21-8-3-2-4-9-21/h2-6,8-15,20H,7,16-19H2,1H3. The Hall–Kier alpha value is -3.55. The van der Waals surface area contributed by atoms with Crippen LogP contribution < -0.4 is 0 Å². The summed E-state index contributed by atoms with van der Waals surface area (Å²) in [5, 5.41) is 0.798. The molecule has 6 nitrogen and oxygen atoms in total. The first-order valence-corrected chi connectivity index (χ1v) is 13.5. The molecule has 1 fully saturated rings. The first kappa shape index (κ1) is 23.2. The van der Waals surface area contributed by atoms with Gasteiger partial charge < -0.3 is 4.90 Å². The second-order valence-electron chi connectivity index (χ2n) is 8.82. The Balaban J connectivity index is 1.49. The number of amides is 1. The highest BCUT2D eigenvalue weighted by molar-refractivity contribution is 7.88. The Morgan fingerprint density at radius 3 is 2.17 bits per heavy atom. The number of para-hydroxylation sites is 1. The van der Waals surface area contributed by atoms with Crippen LogP contribution in [0.3, 0.4) is 0 Å². The van der Waals surface area contributed by atoms with Crippen molar-refractivity contribution in [2.24, 2.45) is 0 Å². The van der Waals surface area contributed by atoms with Crippen LogP contribution in [0.15, 0.2) is 84.9 Å². The van der Waals surface area contributed by atoms with Crippen LogP contribution in [0, 0.1) is 0 Å². The third-order valence-corrected chi connectivity index (χ3v) is 7.75. The number of aromatic nitrogens is 1. The summed E-state index contributed by atoms with van der Waals surface area (Å²) in [6.45, 7) is 1.62. The van der Waals surface area contributed by atoms with Gasteiger partial charge in [0, 0.05) is 37.1 Å². The van der Waals surface area contributed by atoms with Crippen LogP contribution in [-0.2, 0) is 10.0 Å². The quantitative estimate of drug-likeness (QED) is 0.421. The first-order chi connectivity index (χ1) is 16.9. The molecule has 5 rings (SSSR count). The average Bonchev–Trinajstić information content (AvgIpc) is 3.15. The topological polar surface area (TPSA) is 70.6 Å². The molecule has 1 aliphatic rings. The molecular weight excluding hydrogens is 458 g/mol. The number of carbonyl (C=O) groups is 1. The summed E-state index contributed by atoms with van der Waals surface area (Å²) in [7, 11) is -3.28. The monoisotopic (exact) mass is 485 g/mol. The zero-order valence-electron chi connectivity index (χ0n) is 19.6. The first-order valence-electron chi connectivity index (χ1n) is 11.7. The van der Waals surface area contributed by atoms with Gasteiger partial charge in [-0.15, -0.1) is 0 Å². The van der Waals surface area contributed by atoms with Gasteiger partial charge in [0.2, 0.25) is 10.0 Å². The van der Waals surface area contributed by atoms with Gasteiger partial charge in [-0.3, -0.25) is 4.79 Å². The van der Waals surface area contributed by atoms with Crippen molar-refractivity contribution in [1.82, 2.24) is 14.2 Å². The van der Waals surface area contributed by atoms with E-state index in [4.69, 9.17) is 4.98 Å². The summed E-state index contributed by atoms with van der Waals surface area (Å²) in [4.78, 5) is 20.3. The summed E-state index contributed by atoms with van der Waals surface area (Å²) in [5.41, 5.74) is 5.28. The lowest BCUT2D eigenvalue weighted by Crippen LogP contribution is -2.37. The molecule has 1 saturated heterocycles. The molecule has 0 saturated carbocycles. The van der Waals surface area contributed by atoms with Crippen LogP contribution in [-0.4, -0.2) is 60.9 Å². The lowest BCUT2D eigenvalue weighted by atomic mass is 10.00. The van der Waals surface area contributed by atoms with Crippen LogP contribution in [0.4, 0.5) is 0 Å². The van der Waals surface area contributed by atoms with Gasteiger partial charge in [-0.2, -0.15) is 0 Å². The highest BCUT2D eigenvalue weighted by atomic mass is 32.2. The van der Waals surface area contributed by atoms with Gasteiger partial charge in [-0.1, -0.05) is 72.8 Å². The van der Waals surface area contributed by atoms with Crippen molar-refractivity contribution >= 4 is 26.8 Å². The zero-order chi connectivity index (χ0) is 24.4. The maximum absolute atomic E-state index is 13.7. The molecule has 178 valence electrons.